The van der Waals surface area contributed by atoms with Gasteiger partial charge in [-0.15, -0.1) is 13.2 Å². The van der Waals surface area contributed by atoms with Gasteiger partial charge >= 0.3 is 6.36 Å². The largest absolute Gasteiger partial charge is 0.573 e. The van der Waals surface area contributed by atoms with Crippen molar-refractivity contribution in [3.05, 3.63) is 53.1 Å². The summed E-state index contributed by atoms with van der Waals surface area (Å²) < 4.78 is 75.4. The molecule has 1 aliphatic rings. The Labute approximate surface area is 188 Å². The van der Waals surface area contributed by atoms with E-state index in [0.717, 1.165) is 16.4 Å². The van der Waals surface area contributed by atoms with Gasteiger partial charge in [-0.3, -0.25) is 0 Å². The van der Waals surface area contributed by atoms with Gasteiger partial charge in [-0.05, 0) is 42.3 Å². The third-order valence-corrected chi connectivity index (χ3v) is 7.05. The maximum Gasteiger partial charge on any atom is 0.573 e. The summed E-state index contributed by atoms with van der Waals surface area (Å²) in [5, 5.41) is 9.36. The first-order chi connectivity index (χ1) is 15.0. The standard InChI is InChI=1S/C20H19ClF3N3O4S/c1-30-18-6-5-15(21)10-19(18)32(28,29)27(16-7-8-26(12-16)13-25)11-14-3-2-4-17(9-14)31-20(22,23)24/h2-6,9-10,16H,7-8,11-12H2,1H3. The number of alkyl halides is 3. The molecule has 0 spiro atoms. The van der Waals surface area contributed by atoms with Crippen LogP contribution in [0.25, 0.3) is 0 Å². The predicted molar refractivity (Wildman–Crippen MR) is 109 cm³/mol. The van der Waals surface area contributed by atoms with Gasteiger partial charge < -0.3 is 14.4 Å². The highest BCUT2D eigenvalue weighted by Crippen LogP contribution is 2.33. The highest BCUT2D eigenvalue weighted by molar-refractivity contribution is 7.89. The summed E-state index contributed by atoms with van der Waals surface area (Å²) in [6.07, 6.45) is -2.52. The third-order valence-electron chi connectivity index (χ3n) is 4.89. The van der Waals surface area contributed by atoms with Gasteiger partial charge in [0.15, 0.2) is 6.19 Å². The lowest BCUT2D eigenvalue weighted by atomic mass is 10.2. The molecule has 0 N–H and O–H groups in total. The van der Waals surface area contributed by atoms with Gasteiger partial charge in [-0.1, -0.05) is 23.7 Å². The minimum absolute atomic E-state index is 0.0729. The first-order valence-corrected chi connectivity index (χ1v) is 11.2. The first kappa shape index (κ1) is 24.0. The first-order valence-electron chi connectivity index (χ1n) is 9.38. The molecular formula is C20H19ClF3N3O4S. The van der Waals surface area contributed by atoms with Crippen LogP contribution in [0.5, 0.6) is 11.5 Å². The Hall–Kier alpha value is -2.68. The van der Waals surface area contributed by atoms with Crippen LogP contribution in [-0.2, 0) is 16.6 Å². The van der Waals surface area contributed by atoms with Gasteiger partial charge in [-0.2, -0.15) is 9.57 Å². The van der Waals surface area contributed by atoms with Crippen molar-refractivity contribution in [1.29, 1.82) is 5.26 Å². The van der Waals surface area contributed by atoms with E-state index >= 15 is 0 Å². The summed E-state index contributed by atoms with van der Waals surface area (Å²) in [6, 6.07) is 8.66. The van der Waals surface area contributed by atoms with Gasteiger partial charge in [-0.25, -0.2) is 8.42 Å². The van der Waals surface area contributed by atoms with E-state index in [9.17, 15) is 26.9 Å². The lowest BCUT2D eigenvalue weighted by Gasteiger charge is -2.28. The van der Waals surface area contributed by atoms with E-state index in [1.165, 1.54) is 42.3 Å². The van der Waals surface area contributed by atoms with Crippen LogP contribution in [0.1, 0.15) is 12.0 Å². The molecule has 1 aliphatic heterocycles. The molecule has 172 valence electrons. The Morgan fingerprint density at radius 3 is 2.66 bits per heavy atom. The van der Waals surface area contributed by atoms with Crippen molar-refractivity contribution < 1.29 is 31.1 Å². The molecular weight excluding hydrogens is 471 g/mol. The average Bonchev–Trinajstić information content (AvgIpc) is 3.19. The summed E-state index contributed by atoms with van der Waals surface area (Å²) >= 11 is 6.02. The van der Waals surface area contributed by atoms with E-state index in [1.807, 2.05) is 6.19 Å². The van der Waals surface area contributed by atoms with Gasteiger partial charge in [0.05, 0.1) is 7.11 Å². The molecule has 1 heterocycles. The van der Waals surface area contributed by atoms with Gasteiger partial charge in [0.1, 0.15) is 16.4 Å². The zero-order valence-electron chi connectivity index (χ0n) is 16.8. The second kappa shape index (κ2) is 9.44. The van der Waals surface area contributed by atoms with Crippen LogP contribution in [0.2, 0.25) is 5.02 Å². The van der Waals surface area contributed by atoms with Crippen LogP contribution < -0.4 is 9.47 Å². The van der Waals surface area contributed by atoms with Gasteiger partial charge in [0.2, 0.25) is 10.0 Å². The average molecular weight is 490 g/mol. The molecule has 32 heavy (non-hydrogen) atoms. The van der Waals surface area contributed by atoms with Crippen molar-refractivity contribution in [2.75, 3.05) is 20.2 Å². The molecule has 0 aliphatic carbocycles. The monoisotopic (exact) mass is 489 g/mol. The number of rotatable bonds is 7. The van der Waals surface area contributed by atoms with E-state index < -0.39 is 28.2 Å². The Balaban J connectivity index is 2.02. The maximum absolute atomic E-state index is 13.6. The number of nitrogens with zero attached hydrogens (tertiary/aromatic N) is 3. The minimum Gasteiger partial charge on any atom is -0.495 e. The van der Waals surface area contributed by atoms with Gasteiger partial charge in [0, 0.05) is 30.7 Å². The molecule has 1 saturated heterocycles. The fraction of sp³-hybridized carbons (Fsp3) is 0.350. The number of likely N-dealkylation sites (tertiary alicyclic amines) is 1. The lowest BCUT2D eigenvalue weighted by Crippen LogP contribution is -2.41. The molecule has 12 heteroatoms. The summed E-state index contributed by atoms with van der Waals surface area (Å²) in [6.45, 7) is 0.269. The van der Waals surface area contributed by atoms with Crippen LogP contribution in [0, 0.1) is 11.5 Å². The number of ether oxygens (including phenoxy) is 2. The summed E-state index contributed by atoms with van der Waals surface area (Å²) in [4.78, 5) is 1.25. The smallest absolute Gasteiger partial charge is 0.495 e. The second-order valence-electron chi connectivity index (χ2n) is 7.03. The summed E-state index contributed by atoms with van der Waals surface area (Å²) in [5.41, 5.74) is 0.284. The number of nitriles is 1. The highest BCUT2D eigenvalue weighted by Gasteiger charge is 2.38. The molecule has 1 fully saturated rings. The zero-order valence-corrected chi connectivity index (χ0v) is 18.4. The number of benzene rings is 2. The Morgan fingerprint density at radius 2 is 2.03 bits per heavy atom. The zero-order chi connectivity index (χ0) is 23.5. The van der Waals surface area contributed by atoms with E-state index in [1.54, 1.807) is 0 Å². The van der Waals surface area contributed by atoms with Crippen molar-refractivity contribution in [3.63, 3.8) is 0 Å². The van der Waals surface area contributed by atoms with E-state index in [2.05, 4.69) is 4.74 Å². The molecule has 2 aromatic carbocycles. The number of methoxy groups -OCH3 is 1. The van der Waals surface area contributed by atoms with Crippen LogP contribution in [-0.4, -0.2) is 50.2 Å². The number of sulfonamides is 1. The third kappa shape index (κ3) is 5.56. The van der Waals surface area contributed by atoms with Crippen molar-refractivity contribution >= 4 is 21.6 Å². The van der Waals surface area contributed by atoms with E-state index in [-0.39, 0.29) is 34.3 Å². The molecule has 1 atom stereocenters. The van der Waals surface area contributed by atoms with Gasteiger partial charge in [0.25, 0.3) is 0 Å². The minimum atomic E-state index is -4.88. The highest BCUT2D eigenvalue weighted by atomic mass is 35.5. The maximum atomic E-state index is 13.6. The van der Waals surface area contributed by atoms with E-state index in [0.29, 0.717) is 13.0 Å². The number of hydrogen-bond donors (Lipinski definition) is 0. The van der Waals surface area contributed by atoms with Crippen molar-refractivity contribution in [2.24, 2.45) is 0 Å². The molecule has 1 unspecified atom stereocenters. The second-order valence-corrected chi connectivity index (χ2v) is 9.32. The van der Waals surface area contributed by atoms with Crippen molar-refractivity contribution in [3.8, 4) is 17.7 Å². The fourth-order valence-electron chi connectivity index (χ4n) is 3.48. The lowest BCUT2D eigenvalue weighted by molar-refractivity contribution is -0.274. The number of hydrogen-bond acceptors (Lipinski definition) is 6. The van der Waals surface area contributed by atoms with Crippen molar-refractivity contribution in [1.82, 2.24) is 9.21 Å². The summed E-state index contributed by atoms with van der Waals surface area (Å²) in [5.74, 6) is -0.388. The molecule has 0 aromatic heterocycles. The SMILES string of the molecule is COc1ccc(Cl)cc1S(=O)(=O)N(Cc1cccc(OC(F)(F)F)c1)C1CCN(C#N)C1. The predicted octanol–water partition coefficient (Wildman–Crippen LogP) is 3.99. The van der Waals surface area contributed by atoms with Crippen LogP contribution in [0.3, 0.4) is 0 Å². The molecule has 3 rings (SSSR count). The van der Waals surface area contributed by atoms with Crippen molar-refractivity contribution in [2.45, 2.75) is 30.3 Å². The molecule has 0 saturated carbocycles. The Kier molecular flexibility index (Phi) is 7.07. The fourth-order valence-corrected chi connectivity index (χ4v) is 5.53. The molecule has 2 aromatic rings. The molecule has 7 nitrogen and oxygen atoms in total. The molecule has 0 radical (unpaired) electrons. The Morgan fingerprint density at radius 1 is 1.28 bits per heavy atom. The normalized spacial score (nSPS) is 16.8. The number of halogens is 4. The van der Waals surface area contributed by atoms with Crippen LogP contribution in [0.15, 0.2) is 47.4 Å². The molecule has 0 bridgehead atoms. The van der Waals surface area contributed by atoms with E-state index in [4.69, 9.17) is 16.3 Å². The Bertz CT molecular complexity index is 1120. The quantitative estimate of drug-likeness (QED) is 0.547. The summed E-state index contributed by atoms with van der Waals surface area (Å²) in [7, 11) is -2.89. The van der Waals surface area contributed by atoms with Crippen LogP contribution >= 0.6 is 11.6 Å². The topological polar surface area (TPSA) is 82.9 Å². The van der Waals surface area contributed by atoms with Crippen LogP contribution in [0.4, 0.5) is 13.2 Å². The molecule has 0 amide bonds.